The molecule has 0 radical (unpaired) electrons. The van der Waals surface area contributed by atoms with E-state index in [1.54, 1.807) is 36.9 Å². The summed E-state index contributed by atoms with van der Waals surface area (Å²) < 4.78 is 17.3. The molecule has 0 saturated carbocycles. The van der Waals surface area contributed by atoms with Crippen LogP contribution in [-0.4, -0.2) is 57.2 Å². The van der Waals surface area contributed by atoms with Crippen LogP contribution in [0.5, 0.6) is 5.75 Å². The summed E-state index contributed by atoms with van der Waals surface area (Å²) in [5, 5.41) is 23.0. The summed E-state index contributed by atoms with van der Waals surface area (Å²) in [7, 11) is 1.60. The molecule has 1 saturated heterocycles. The number of methoxy groups -OCH3 is 1. The third-order valence-electron chi connectivity index (χ3n) is 5.74. The molecule has 3 aromatic heterocycles. The molecule has 34 heavy (non-hydrogen) atoms. The van der Waals surface area contributed by atoms with Crippen LogP contribution in [0.3, 0.4) is 0 Å². The predicted molar refractivity (Wildman–Crippen MR) is 126 cm³/mol. The first kappa shape index (κ1) is 22.6. The summed E-state index contributed by atoms with van der Waals surface area (Å²) in [4.78, 5) is 24.2. The van der Waals surface area contributed by atoms with Gasteiger partial charge in [-0.15, -0.1) is 11.3 Å². The van der Waals surface area contributed by atoms with Crippen LogP contribution in [0.4, 0.5) is 0 Å². The largest absolute Gasteiger partial charge is 0.497 e. The van der Waals surface area contributed by atoms with Crippen molar-refractivity contribution in [3.63, 3.8) is 0 Å². The number of hydrogen-bond acceptors (Lipinski definition) is 9. The number of pyridine rings is 1. The minimum absolute atomic E-state index is 0.0933. The Morgan fingerprint density at radius 3 is 2.71 bits per heavy atom. The third kappa shape index (κ3) is 4.33. The van der Waals surface area contributed by atoms with E-state index < -0.39 is 24.4 Å². The summed E-state index contributed by atoms with van der Waals surface area (Å²) in [6.07, 6.45) is -2.29. The average molecular weight is 482 g/mol. The Bertz CT molecular complexity index is 1320. The number of nitrogens with zero attached hydrogens (tertiary/aromatic N) is 2. The van der Waals surface area contributed by atoms with E-state index in [-0.39, 0.29) is 12.2 Å². The van der Waals surface area contributed by atoms with Crippen molar-refractivity contribution in [3.8, 4) is 17.3 Å². The Kier molecular flexibility index (Phi) is 6.40. The second kappa shape index (κ2) is 9.61. The average Bonchev–Trinajstić information content (AvgIpc) is 3.41. The Morgan fingerprint density at radius 2 is 1.97 bits per heavy atom. The van der Waals surface area contributed by atoms with E-state index in [0.29, 0.717) is 33.9 Å². The van der Waals surface area contributed by atoms with Gasteiger partial charge in [-0.2, -0.15) is 0 Å². The van der Waals surface area contributed by atoms with E-state index in [0.717, 1.165) is 11.3 Å². The summed E-state index contributed by atoms with van der Waals surface area (Å²) in [6, 6.07) is 12.8. The van der Waals surface area contributed by atoms with Crippen LogP contribution in [0.25, 0.3) is 21.7 Å². The van der Waals surface area contributed by atoms with Gasteiger partial charge < -0.3 is 29.4 Å². The molecular weight excluding hydrogens is 458 g/mol. The van der Waals surface area contributed by atoms with Gasteiger partial charge in [0.1, 0.15) is 40.6 Å². The zero-order valence-electron chi connectivity index (χ0n) is 18.2. The Labute approximate surface area is 198 Å². The van der Waals surface area contributed by atoms with Crippen molar-refractivity contribution < 1.29 is 24.4 Å². The molecule has 0 amide bonds. The maximum atomic E-state index is 12.6. The molecule has 4 aromatic rings. The minimum atomic E-state index is -1.19. The number of aliphatic hydroxyl groups is 2. The lowest BCUT2D eigenvalue weighted by molar-refractivity contribution is -0.0486. The van der Waals surface area contributed by atoms with E-state index in [4.69, 9.17) is 14.2 Å². The molecule has 4 heterocycles. The molecule has 0 bridgehead atoms. The summed E-state index contributed by atoms with van der Waals surface area (Å²) in [5.41, 5.74) is 2.14. The zero-order chi connectivity index (χ0) is 23.7. The highest BCUT2D eigenvalue weighted by atomic mass is 32.1. The number of fused-ring (bicyclic) bond motifs is 1. The van der Waals surface area contributed by atoms with Gasteiger partial charge in [-0.1, -0.05) is 18.2 Å². The molecule has 1 aliphatic heterocycles. The molecule has 3 N–H and O–H groups in total. The highest BCUT2D eigenvalue weighted by Crippen LogP contribution is 2.38. The third-order valence-corrected chi connectivity index (χ3v) is 6.73. The van der Waals surface area contributed by atoms with Crippen molar-refractivity contribution in [2.24, 2.45) is 0 Å². The second-order valence-corrected chi connectivity index (χ2v) is 8.82. The highest BCUT2D eigenvalue weighted by molar-refractivity contribution is 7.17. The van der Waals surface area contributed by atoms with Gasteiger partial charge in [0.2, 0.25) is 0 Å². The number of aromatic amines is 1. The maximum absolute atomic E-state index is 12.6. The lowest BCUT2D eigenvalue weighted by Gasteiger charge is -2.15. The smallest absolute Gasteiger partial charge is 0.269 e. The number of ether oxygens (including phenoxy) is 3. The van der Waals surface area contributed by atoms with Crippen LogP contribution in [0, 0.1) is 0 Å². The summed E-state index contributed by atoms with van der Waals surface area (Å²) in [5.74, 6) is 1.08. The molecule has 10 heteroatoms. The van der Waals surface area contributed by atoms with Gasteiger partial charge in [-0.3, -0.25) is 9.78 Å². The zero-order valence-corrected chi connectivity index (χ0v) is 19.1. The van der Waals surface area contributed by atoms with Crippen LogP contribution >= 0.6 is 11.3 Å². The Morgan fingerprint density at radius 1 is 1.15 bits per heavy atom. The van der Waals surface area contributed by atoms with Crippen molar-refractivity contribution in [2.45, 2.75) is 31.0 Å². The first-order valence-corrected chi connectivity index (χ1v) is 11.6. The Hall–Kier alpha value is -3.15. The highest BCUT2D eigenvalue weighted by Gasteiger charge is 2.44. The first-order chi connectivity index (χ1) is 16.5. The van der Waals surface area contributed by atoms with Crippen LogP contribution < -0.4 is 10.3 Å². The molecule has 1 fully saturated rings. The fourth-order valence-corrected chi connectivity index (χ4v) is 4.85. The normalized spacial score (nSPS) is 22.3. The standard InChI is InChI=1S/C24H23N3O6S/c1-31-14-7-5-13(6-8-14)10-32-11-17-19(28)20(29)21(33-17)15-12-34-22-18(15)26-23(27-24(22)30)16-4-2-3-9-25-16/h2-9,12,17,19-21,28-29H,10-11H2,1H3,(H,26,27,30)/t17-,19-,20-,21?/m1/s1. The summed E-state index contributed by atoms with van der Waals surface area (Å²) in [6.45, 7) is 0.416. The molecule has 1 aliphatic rings. The fourth-order valence-electron chi connectivity index (χ4n) is 3.93. The van der Waals surface area contributed by atoms with E-state index in [9.17, 15) is 15.0 Å². The molecule has 176 valence electrons. The van der Waals surface area contributed by atoms with Gasteiger partial charge >= 0.3 is 0 Å². The second-order valence-electron chi connectivity index (χ2n) is 7.94. The lowest BCUT2D eigenvalue weighted by atomic mass is 10.0. The molecule has 1 unspecified atom stereocenters. The number of aliphatic hydroxyl groups excluding tert-OH is 2. The van der Waals surface area contributed by atoms with Crippen LogP contribution in [0.1, 0.15) is 17.2 Å². The van der Waals surface area contributed by atoms with Gasteiger partial charge in [0.25, 0.3) is 5.56 Å². The number of rotatable bonds is 7. The SMILES string of the molecule is COc1ccc(COC[C@H]2OC(c3csc4c(=O)[nH]c(-c5ccccn5)nc34)[C@H](O)[C@@H]2O)cc1. The first-order valence-electron chi connectivity index (χ1n) is 10.7. The number of thiophene rings is 1. The summed E-state index contributed by atoms with van der Waals surface area (Å²) >= 11 is 1.21. The van der Waals surface area contributed by atoms with E-state index in [1.807, 2.05) is 24.3 Å². The van der Waals surface area contributed by atoms with Crippen molar-refractivity contribution in [3.05, 3.63) is 75.5 Å². The maximum Gasteiger partial charge on any atom is 0.269 e. The number of hydrogen-bond donors (Lipinski definition) is 3. The monoisotopic (exact) mass is 481 g/mol. The number of nitrogens with one attached hydrogen (secondary N) is 1. The topological polar surface area (TPSA) is 127 Å². The van der Waals surface area contributed by atoms with Gasteiger partial charge in [-0.05, 0) is 35.2 Å². The molecular formula is C24H23N3O6S. The Balaban J connectivity index is 1.34. The van der Waals surface area contributed by atoms with Crippen molar-refractivity contribution in [1.29, 1.82) is 0 Å². The van der Waals surface area contributed by atoms with Gasteiger partial charge in [0, 0.05) is 11.8 Å². The molecule has 9 nitrogen and oxygen atoms in total. The van der Waals surface area contributed by atoms with Gasteiger partial charge in [0.15, 0.2) is 5.82 Å². The van der Waals surface area contributed by atoms with Gasteiger partial charge in [-0.25, -0.2) is 4.98 Å². The van der Waals surface area contributed by atoms with E-state index in [2.05, 4.69) is 15.0 Å². The fraction of sp³-hybridized carbons (Fsp3) is 0.292. The van der Waals surface area contributed by atoms with Crippen molar-refractivity contribution in [2.75, 3.05) is 13.7 Å². The molecule has 0 aliphatic carbocycles. The molecule has 4 atom stereocenters. The molecule has 5 rings (SSSR count). The van der Waals surface area contributed by atoms with E-state index >= 15 is 0 Å². The predicted octanol–water partition coefficient (Wildman–Crippen LogP) is 2.43. The molecule has 0 spiro atoms. The number of benzene rings is 1. The minimum Gasteiger partial charge on any atom is -0.497 e. The molecule has 1 aromatic carbocycles. The van der Waals surface area contributed by atoms with Crippen molar-refractivity contribution in [1.82, 2.24) is 15.0 Å². The van der Waals surface area contributed by atoms with Crippen LogP contribution in [0.2, 0.25) is 0 Å². The van der Waals surface area contributed by atoms with E-state index in [1.165, 1.54) is 11.3 Å². The van der Waals surface area contributed by atoms with Crippen LogP contribution in [0.15, 0.2) is 58.8 Å². The lowest BCUT2D eigenvalue weighted by Crippen LogP contribution is -2.33. The van der Waals surface area contributed by atoms with Crippen molar-refractivity contribution >= 4 is 21.6 Å². The number of H-pyrrole nitrogens is 1. The van der Waals surface area contributed by atoms with Crippen LogP contribution in [-0.2, 0) is 16.1 Å². The van der Waals surface area contributed by atoms with Gasteiger partial charge in [0.05, 0.1) is 25.8 Å². The quantitative estimate of drug-likeness (QED) is 0.367. The number of aromatic nitrogens is 3.